The lowest BCUT2D eigenvalue weighted by Gasteiger charge is -2.27. The Hall–Kier alpha value is -1.62. The van der Waals surface area contributed by atoms with Gasteiger partial charge >= 0.3 is 0 Å². The van der Waals surface area contributed by atoms with E-state index in [0.29, 0.717) is 6.42 Å². The summed E-state index contributed by atoms with van der Waals surface area (Å²) < 4.78 is 22.9. The van der Waals surface area contributed by atoms with Gasteiger partial charge in [-0.2, -0.15) is 0 Å². The first kappa shape index (κ1) is 12.8. The lowest BCUT2D eigenvalue weighted by molar-refractivity contribution is -0.118. The number of anilines is 1. The highest BCUT2D eigenvalue weighted by Crippen LogP contribution is 2.23. The second-order valence-corrected chi connectivity index (χ2v) is 6.11. The molecule has 1 atom stereocenters. The first-order valence-electron chi connectivity index (χ1n) is 5.81. The van der Waals surface area contributed by atoms with E-state index in [2.05, 4.69) is 0 Å². The molecule has 0 bridgehead atoms. The van der Waals surface area contributed by atoms with Crippen molar-refractivity contribution >= 4 is 21.4 Å². The average Bonchev–Trinajstić information content (AvgIpc) is 2.71. The number of hydrogen-bond acceptors (Lipinski definition) is 3. The molecule has 96 valence electrons. The molecule has 1 aromatic carbocycles. The summed E-state index contributed by atoms with van der Waals surface area (Å²) in [5.41, 5.74) is 0.733. The van der Waals surface area contributed by atoms with Gasteiger partial charge in [-0.15, -0.1) is 0 Å². The fraction of sp³-hybridized carbons (Fsp3) is 0.308. The molecule has 0 saturated heterocycles. The molecular formula is C13H15NO3S. The van der Waals surface area contributed by atoms with Gasteiger partial charge in [-0.05, 0) is 18.2 Å². The van der Waals surface area contributed by atoms with Crippen LogP contribution in [0, 0.1) is 0 Å². The van der Waals surface area contributed by atoms with Gasteiger partial charge < -0.3 is 4.90 Å². The van der Waals surface area contributed by atoms with Gasteiger partial charge in [-0.1, -0.05) is 25.1 Å². The third-order valence-electron chi connectivity index (χ3n) is 2.85. The van der Waals surface area contributed by atoms with Crippen molar-refractivity contribution in [3.8, 4) is 0 Å². The number of para-hydroxylation sites is 1. The summed E-state index contributed by atoms with van der Waals surface area (Å²) in [7, 11) is -3.16. The highest BCUT2D eigenvalue weighted by atomic mass is 32.2. The van der Waals surface area contributed by atoms with Crippen LogP contribution in [0.5, 0.6) is 0 Å². The number of nitrogens with zero attached hydrogens (tertiary/aromatic N) is 1. The molecule has 1 heterocycles. The second-order valence-electron chi connectivity index (χ2n) is 4.18. The van der Waals surface area contributed by atoms with Crippen molar-refractivity contribution in [2.45, 2.75) is 19.4 Å². The molecule has 1 aromatic rings. The predicted octanol–water partition coefficient (Wildman–Crippen LogP) is 1.74. The van der Waals surface area contributed by atoms with Crippen LogP contribution in [-0.2, 0) is 14.6 Å². The van der Waals surface area contributed by atoms with Crippen LogP contribution in [0.3, 0.4) is 0 Å². The van der Waals surface area contributed by atoms with Crippen molar-refractivity contribution in [1.29, 1.82) is 0 Å². The van der Waals surface area contributed by atoms with Crippen LogP contribution < -0.4 is 4.90 Å². The molecule has 0 spiro atoms. The van der Waals surface area contributed by atoms with Crippen molar-refractivity contribution in [2.24, 2.45) is 0 Å². The highest BCUT2D eigenvalue weighted by Gasteiger charge is 2.30. The molecule has 2 rings (SSSR count). The van der Waals surface area contributed by atoms with E-state index in [1.165, 1.54) is 5.41 Å². The number of sulfone groups is 1. The Balaban J connectivity index is 2.34. The summed E-state index contributed by atoms with van der Waals surface area (Å²) in [5.74, 6) is -0.110. The Morgan fingerprint density at radius 1 is 1.33 bits per heavy atom. The number of carbonyl (C=O) groups is 1. The Kier molecular flexibility index (Phi) is 3.52. The average molecular weight is 265 g/mol. The molecular weight excluding hydrogens is 250 g/mol. The van der Waals surface area contributed by atoms with E-state index >= 15 is 0 Å². The van der Waals surface area contributed by atoms with Gasteiger partial charge in [0.15, 0.2) is 9.84 Å². The minimum Gasteiger partial charge on any atom is -0.304 e. The molecule has 1 amide bonds. The van der Waals surface area contributed by atoms with Gasteiger partial charge in [-0.3, -0.25) is 4.79 Å². The zero-order valence-corrected chi connectivity index (χ0v) is 10.9. The lowest BCUT2D eigenvalue weighted by atomic mass is 10.2. The van der Waals surface area contributed by atoms with Crippen LogP contribution in [0.15, 0.2) is 41.8 Å². The SMILES string of the molecule is CCC(=O)N(c1ccccc1)C1C=CS(=O)(=O)C1. The van der Waals surface area contributed by atoms with E-state index in [1.807, 2.05) is 30.3 Å². The maximum atomic E-state index is 12.0. The monoisotopic (exact) mass is 265 g/mol. The molecule has 0 fully saturated rings. The minimum absolute atomic E-state index is 0.0341. The van der Waals surface area contributed by atoms with Crippen molar-refractivity contribution < 1.29 is 13.2 Å². The van der Waals surface area contributed by atoms with Crippen LogP contribution in [0.2, 0.25) is 0 Å². The second kappa shape index (κ2) is 4.94. The van der Waals surface area contributed by atoms with Crippen molar-refractivity contribution in [3.05, 3.63) is 41.8 Å². The van der Waals surface area contributed by atoms with E-state index in [4.69, 9.17) is 0 Å². The summed E-state index contributed by atoms with van der Waals surface area (Å²) in [6, 6.07) is 8.75. The van der Waals surface area contributed by atoms with Gasteiger partial charge in [0.2, 0.25) is 5.91 Å². The molecule has 1 aliphatic heterocycles. The van der Waals surface area contributed by atoms with Gasteiger partial charge in [0.25, 0.3) is 0 Å². The zero-order valence-electron chi connectivity index (χ0n) is 10.1. The summed E-state index contributed by atoms with van der Waals surface area (Å²) in [5, 5.41) is 1.19. The number of hydrogen-bond donors (Lipinski definition) is 0. The molecule has 0 saturated carbocycles. The first-order chi connectivity index (χ1) is 8.53. The Bertz CT molecular complexity index is 563. The summed E-state index contributed by atoms with van der Waals surface area (Å²) >= 11 is 0. The summed E-state index contributed by atoms with van der Waals surface area (Å²) in [6.45, 7) is 1.77. The van der Waals surface area contributed by atoms with Crippen LogP contribution in [0.25, 0.3) is 0 Å². The van der Waals surface area contributed by atoms with Gasteiger partial charge in [0.05, 0.1) is 11.8 Å². The number of benzene rings is 1. The highest BCUT2D eigenvalue weighted by molar-refractivity contribution is 7.94. The predicted molar refractivity (Wildman–Crippen MR) is 70.9 cm³/mol. The number of amides is 1. The third kappa shape index (κ3) is 2.61. The zero-order chi connectivity index (χ0) is 13.2. The van der Waals surface area contributed by atoms with Gasteiger partial charge in [0.1, 0.15) is 0 Å². The van der Waals surface area contributed by atoms with Gasteiger partial charge in [-0.25, -0.2) is 8.42 Å². The topological polar surface area (TPSA) is 54.5 Å². The molecule has 4 nitrogen and oxygen atoms in total. The molecule has 1 aliphatic rings. The normalized spacial score (nSPS) is 20.8. The van der Waals surface area contributed by atoms with E-state index in [-0.39, 0.29) is 11.7 Å². The number of rotatable bonds is 3. The standard InChI is InChI=1S/C13H15NO3S/c1-2-13(15)14(11-6-4-3-5-7-11)12-8-9-18(16,17)10-12/h3-9,12H,2,10H2,1H3. The van der Waals surface area contributed by atoms with E-state index in [1.54, 1.807) is 17.9 Å². The quantitative estimate of drug-likeness (QED) is 0.836. The van der Waals surface area contributed by atoms with Crippen molar-refractivity contribution in [2.75, 3.05) is 10.7 Å². The lowest BCUT2D eigenvalue weighted by Crippen LogP contribution is -2.40. The molecule has 1 unspecified atom stereocenters. The largest absolute Gasteiger partial charge is 0.304 e. The molecule has 0 aliphatic carbocycles. The fourth-order valence-electron chi connectivity index (χ4n) is 2.00. The smallest absolute Gasteiger partial charge is 0.227 e. The van der Waals surface area contributed by atoms with E-state index in [9.17, 15) is 13.2 Å². The molecule has 5 heteroatoms. The van der Waals surface area contributed by atoms with Crippen LogP contribution in [0.1, 0.15) is 13.3 Å². The summed E-state index contributed by atoms with van der Waals surface area (Å²) in [4.78, 5) is 13.6. The maximum Gasteiger partial charge on any atom is 0.227 e. The maximum absolute atomic E-state index is 12.0. The van der Waals surface area contributed by atoms with Gasteiger partial charge in [0, 0.05) is 17.5 Å². The summed E-state index contributed by atoms with van der Waals surface area (Å²) in [6.07, 6.45) is 1.93. The van der Waals surface area contributed by atoms with Crippen LogP contribution >= 0.6 is 0 Å². The third-order valence-corrected chi connectivity index (χ3v) is 4.23. The minimum atomic E-state index is -3.16. The van der Waals surface area contributed by atoms with E-state index < -0.39 is 15.9 Å². The fourth-order valence-corrected chi connectivity index (χ4v) is 3.27. The Morgan fingerprint density at radius 2 is 2.00 bits per heavy atom. The van der Waals surface area contributed by atoms with E-state index in [0.717, 1.165) is 5.69 Å². The van der Waals surface area contributed by atoms with Crippen LogP contribution in [-0.4, -0.2) is 26.1 Å². The Morgan fingerprint density at radius 3 is 2.50 bits per heavy atom. The van der Waals surface area contributed by atoms with Crippen molar-refractivity contribution in [3.63, 3.8) is 0 Å². The molecule has 18 heavy (non-hydrogen) atoms. The van der Waals surface area contributed by atoms with Crippen LogP contribution in [0.4, 0.5) is 5.69 Å². The Labute approximate surface area is 107 Å². The first-order valence-corrected chi connectivity index (χ1v) is 7.53. The van der Waals surface area contributed by atoms with Crippen molar-refractivity contribution in [1.82, 2.24) is 0 Å². The molecule has 0 aromatic heterocycles. The molecule has 0 N–H and O–H groups in total. The number of carbonyl (C=O) groups excluding carboxylic acids is 1. The molecule has 0 radical (unpaired) electrons.